The van der Waals surface area contributed by atoms with Gasteiger partial charge < -0.3 is 4.74 Å². The molecule has 0 amide bonds. The van der Waals surface area contributed by atoms with Crippen LogP contribution in [0.3, 0.4) is 0 Å². The number of nitrogens with one attached hydrogen (secondary N) is 1. The number of sulfonamides is 2. The molecule has 1 aliphatic heterocycles. The number of hydrogen-bond donors (Lipinski definition) is 1. The second-order valence-electron chi connectivity index (χ2n) is 5.47. The number of ether oxygens (including phenoxy) is 1. The van der Waals surface area contributed by atoms with Gasteiger partial charge in [-0.2, -0.15) is 4.31 Å². The Hall–Kier alpha value is -1.00. The monoisotopic (exact) mass is 362 g/mol. The Kier molecular flexibility index (Phi) is 6.15. The molecule has 130 valence electrons. The van der Waals surface area contributed by atoms with Crippen LogP contribution in [-0.2, 0) is 24.8 Å². The maximum absolute atomic E-state index is 12.1. The summed E-state index contributed by atoms with van der Waals surface area (Å²) < 4.78 is 57.0. The Morgan fingerprint density at radius 1 is 1.22 bits per heavy atom. The molecule has 0 saturated carbocycles. The summed E-state index contributed by atoms with van der Waals surface area (Å²) in [7, 11) is -7.05. The van der Waals surface area contributed by atoms with Gasteiger partial charge in [0.25, 0.3) is 0 Å². The van der Waals surface area contributed by atoms with Crippen LogP contribution in [0, 0.1) is 0 Å². The van der Waals surface area contributed by atoms with E-state index in [9.17, 15) is 16.8 Å². The van der Waals surface area contributed by atoms with Gasteiger partial charge in [0.1, 0.15) is 0 Å². The summed E-state index contributed by atoms with van der Waals surface area (Å²) in [5.74, 6) is 0. The molecule has 1 unspecified atom stereocenters. The number of hydrogen-bond acceptors (Lipinski definition) is 5. The Bertz CT molecular complexity index is 698. The van der Waals surface area contributed by atoms with Crippen LogP contribution >= 0.6 is 0 Å². The van der Waals surface area contributed by atoms with E-state index in [4.69, 9.17) is 4.74 Å². The smallest absolute Gasteiger partial charge is 0.240 e. The second kappa shape index (κ2) is 7.71. The van der Waals surface area contributed by atoms with E-state index in [1.54, 1.807) is 18.2 Å². The minimum Gasteiger partial charge on any atom is -0.377 e. The lowest BCUT2D eigenvalue weighted by molar-refractivity contribution is 0.0943. The molecule has 1 aromatic carbocycles. The van der Waals surface area contributed by atoms with E-state index in [1.165, 1.54) is 16.4 Å². The molecule has 1 aromatic rings. The van der Waals surface area contributed by atoms with Gasteiger partial charge in [-0.25, -0.2) is 21.6 Å². The molecule has 7 nitrogen and oxygen atoms in total. The molecule has 1 fully saturated rings. The highest BCUT2D eigenvalue weighted by atomic mass is 32.2. The molecule has 1 aliphatic rings. The largest absolute Gasteiger partial charge is 0.377 e. The molecule has 0 aliphatic carbocycles. The molecule has 0 bridgehead atoms. The molecule has 0 spiro atoms. The van der Waals surface area contributed by atoms with Gasteiger partial charge in [-0.05, 0) is 25.0 Å². The zero-order chi connectivity index (χ0) is 16.9. The minimum atomic E-state index is -3.63. The number of benzene rings is 1. The average molecular weight is 362 g/mol. The Morgan fingerprint density at radius 2 is 1.91 bits per heavy atom. The van der Waals surface area contributed by atoms with Crippen LogP contribution in [0.4, 0.5) is 0 Å². The average Bonchev–Trinajstić information content (AvgIpc) is 2.99. The van der Waals surface area contributed by atoms with Gasteiger partial charge in [0.15, 0.2) is 0 Å². The summed E-state index contributed by atoms with van der Waals surface area (Å²) in [5, 5.41) is 0. The van der Waals surface area contributed by atoms with Crippen molar-refractivity contribution in [3.63, 3.8) is 0 Å². The molecule has 1 atom stereocenters. The van der Waals surface area contributed by atoms with Crippen molar-refractivity contribution < 1.29 is 21.6 Å². The highest BCUT2D eigenvalue weighted by molar-refractivity contribution is 7.89. The molecular weight excluding hydrogens is 340 g/mol. The summed E-state index contributed by atoms with van der Waals surface area (Å²) in [6.45, 7) is 0.983. The standard InChI is InChI=1S/C14H22N2O5S2/c1-22(17,18)16(12-13-6-5-11-21-13)10-9-15-23(19,20)14-7-3-2-4-8-14/h2-4,7-8,13,15H,5-6,9-12H2,1H3. The van der Waals surface area contributed by atoms with Crippen LogP contribution in [0.15, 0.2) is 35.2 Å². The van der Waals surface area contributed by atoms with E-state index >= 15 is 0 Å². The first-order valence-corrected chi connectivity index (χ1v) is 10.7. The van der Waals surface area contributed by atoms with Crippen LogP contribution in [0.1, 0.15) is 12.8 Å². The SMILES string of the molecule is CS(=O)(=O)N(CCNS(=O)(=O)c1ccccc1)CC1CCCO1. The first kappa shape index (κ1) is 18.3. The summed E-state index contributed by atoms with van der Waals surface area (Å²) >= 11 is 0. The Morgan fingerprint density at radius 3 is 2.48 bits per heavy atom. The lowest BCUT2D eigenvalue weighted by Gasteiger charge is -2.23. The second-order valence-corrected chi connectivity index (χ2v) is 9.22. The molecular formula is C14H22N2O5S2. The highest BCUT2D eigenvalue weighted by Crippen LogP contribution is 2.14. The fraction of sp³-hybridized carbons (Fsp3) is 0.571. The van der Waals surface area contributed by atoms with Crippen molar-refractivity contribution >= 4 is 20.0 Å². The van der Waals surface area contributed by atoms with Crippen molar-refractivity contribution in [1.82, 2.24) is 9.03 Å². The van der Waals surface area contributed by atoms with Crippen molar-refractivity contribution in [2.75, 3.05) is 32.5 Å². The zero-order valence-corrected chi connectivity index (χ0v) is 14.6. The molecule has 1 heterocycles. The van der Waals surface area contributed by atoms with E-state index in [2.05, 4.69) is 4.72 Å². The van der Waals surface area contributed by atoms with E-state index < -0.39 is 20.0 Å². The molecule has 0 aromatic heterocycles. The van der Waals surface area contributed by atoms with Gasteiger partial charge in [-0.15, -0.1) is 0 Å². The first-order chi connectivity index (χ1) is 10.8. The maximum atomic E-state index is 12.1. The highest BCUT2D eigenvalue weighted by Gasteiger charge is 2.25. The number of rotatable bonds is 8. The fourth-order valence-corrected chi connectivity index (χ4v) is 4.30. The van der Waals surface area contributed by atoms with Gasteiger partial charge >= 0.3 is 0 Å². The van der Waals surface area contributed by atoms with Crippen LogP contribution in [0.5, 0.6) is 0 Å². The summed E-state index contributed by atoms with van der Waals surface area (Å²) in [6.07, 6.45) is 2.74. The van der Waals surface area contributed by atoms with Gasteiger partial charge in [0, 0.05) is 26.2 Å². The van der Waals surface area contributed by atoms with Crippen molar-refractivity contribution in [2.24, 2.45) is 0 Å². The van der Waals surface area contributed by atoms with Crippen LogP contribution in [0.25, 0.3) is 0 Å². The van der Waals surface area contributed by atoms with Crippen molar-refractivity contribution in [3.8, 4) is 0 Å². The van der Waals surface area contributed by atoms with Gasteiger partial charge in [0.05, 0.1) is 17.3 Å². The summed E-state index contributed by atoms with van der Waals surface area (Å²) in [5.41, 5.74) is 0. The van der Waals surface area contributed by atoms with Gasteiger partial charge in [-0.3, -0.25) is 0 Å². The molecule has 23 heavy (non-hydrogen) atoms. The maximum Gasteiger partial charge on any atom is 0.240 e. The molecule has 2 rings (SSSR count). The zero-order valence-electron chi connectivity index (χ0n) is 13.0. The lowest BCUT2D eigenvalue weighted by atomic mass is 10.2. The lowest BCUT2D eigenvalue weighted by Crippen LogP contribution is -2.41. The minimum absolute atomic E-state index is 0.0109. The molecule has 1 saturated heterocycles. The third-order valence-electron chi connectivity index (χ3n) is 3.61. The topological polar surface area (TPSA) is 92.8 Å². The van der Waals surface area contributed by atoms with Crippen molar-refractivity contribution in [3.05, 3.63) is 30.3 Å². The van der Waals surface area contributed by atoms with Gasteiger partial charge in [0.2, 0.25) is 20.0 Å². The summed E-state index contributed by atoms with van der Waals surface area (Å²) in [4.78, 5) is 0.157. The third kappa shape index (κ3) is 5.54. The van der Waals surface area contributed by atoms with Crippen molar-refractivity contribution in [1.29, 1.82) is 0 Å². The molecule has 1 N–H and O–H groups in total. The first-order valence-electron chi connectivity index (χ1n) is 7.40. The summed E-state index contributed by atoms with van der Waals surface area (Å²) in [6, 6.07) is 7.97. The Labute approximate surface area is 137 Å². The van der Waals surface area contributed by atoms with E-state index in [-0.39, 0.29) is 30.6 Å². The van der Waals surface area contributed by atoms with Gasteiger partial charge in [-0.1, -0.05) is 18.2 Å². The number of nitrogens with zero attached hydrogens (tertiary/aromatic N) is 1. The Balaban J connectivity index is 1.93. The molecule has 9 heteroatoms. The van der Waals surface area contributed by atoms with Crippen molar-refractivity contribution in [2.45, 2.75) is 23.8 Å². The fourth-order valence-electron chi connectivity index (χ4n) is 2.40. The van der Waals surface area contributed by atoms with E-state index in [1.807, 2.05) is 0 Å². The molecule has 0 radical (unpaired) electrons. The predicted octanol–water partition coefficient (Wildman–Crippen LogP) is 0.406. The van der Waals surface area contributed by atoms with Crippen LogP contribution in [-0.4, -0.2) is 59.7 Å². The van der Waals surface area contributed by atoms with E-state index in [0.29, 0.717) is 6.61 Å². The van der Waals surface area contributed by atoms with Crippen LogP contribution < -0.4 is 4.72 Å². The quantitative estimate of drug-likeness (QED) is 0.723. The third-order valence-corrected chi connectivity index (χ3v) is 6.35. The normalized spacial score (nSPS) is 19.3. The van der Waals surface area contributed by atoms with Crippen LogP contribution in [0.2, 0.25) is 0 Å². The predicted molar refractivity (Wildman–Crippen MR) is 87.0 cm³/mol. The van der Waals surface area contributed by atoms with E-state index in [0.717, 1.165) is 19.1 Å².